The van der Waals surface area contributed by atoms with Crippen LogP contribution in [0.3, 0.4) is 0 Å². The molecule has 3 aromatic carbocycles. The fourth-order valence-corrected chi connectivity index (χ4v) is 3.53. The van der Waals surface area contributed by atoms with Crippen molar-refractivity contribution in [3.05, 3.63) is 102 Å². The van der Waals surface area contributed by atoms with Gasteiger partial charge in [0, 0.05) is 29.4 Å². The average Bonchev–Trinajstić information content (AvgIpc) is 3.37. The monoisotopic (exact) mass is 434 g/mol. The van der Waals surface area contributed by atoms with Crippen LogP contribution in [0.25, 0.3) is 16.9 Å². The number of benzene rings is 3. The van der Waals surface area contributed by atoms with E-state index >= 15 is 0 Å². The second-order valence-corrected chi connectivity index (χ2v) is 7.30. The predicted octanol–water partition coefficient (Wildman–Crippen LogP) is 3.91. The van der Waals surface area contributed by atoms with Gasteiger partial charge in [0.1, 0.15) is 6.54 Å². The van der Waals surface area contributed by atoms with E-state index in [1.54, 1.807) is 53.3 Å². The number of carbonyl (C=O) groups is 2. The normalized spacial score (nSPS) is 10.3. The van der Waals surface area contributed by atoms with Crippen molar-refractivity contribution >= 4 is 17.5 Å². The van der Waals surface area contributed by atoms with Gasteiger partial charge in [-0.3, -0.25) is 14.5 Å². The summed E-state index contributed by atoms with van der Waals surface area (Å²) in [7, 11) is 1.53. The first-order valence-electron chi connectivity index (χ1n) is 10.4. The molecule has 0 aliphatic heterocycles. The Morgan fingerprint density at radius 2 is 1.79 bits per heavy atom. The Bertz CT molecular complexity index is 1340. The lowest BCUT2D eigenvalue weighted by molar-refractivity contribution is -0.119. The number of likely N-dealkylation sites (N-methyl/N-ethyl adjacent to an activating group) is 1. The van der Waals surface area contributed by atoms with Gasteiger partial charge in [-0.25, -0.2) is 4.68 Å². The van der Waals surface area contributed by atoms with Gasteiger partial charge in [0.05, 0.1) is 17.6 Å². The number of hydrogen-bond acceptors (Lipinski definition) is 3. The minimum Gasteiger partial charge on any atom is -0.358 e. The minimum absolute atomic E-state index is 0.134. The second-order valence-electron chi connectivity index (χ2n) is 7.30. The van der Waals surface area contributed by atoms with Crippen LogP contribution in [0.15, 0.2) is 91.1 Å². The van der Waals surface area contributed by atoms with Crippen molar-refractivity contribution in [1.82, 2.24) is 15.1 Å². The quantitative estimate of drug-likeness (QED) is 0.468. The van der Waals surface area contributed by atoms with Crippen molar-refractivity contribution < 1.29 is 9.59 Å². The number of nitrogens with zero attached hydrogens (tertiary/aromatic N) is 3. The number of carbonyl (C=O) groups excluding carboxylic acids is 2. The average molecular weight is 434 g/mol. The highest BCUT2D eigenvalue weighted by molar-refractivity contribution is 6.09. The minimum atomic E-state index is -0.317. The molecule has 4 rings (SSSR count). The molecule has 0 unspecified atom stereocenters. The third kappa shape index (κ3) is 4.68. The summed E-state index contributed by atoms with van der Waals surface area (Å²) in [5.74, 6) is 1.96. The second kappa shape index (κ2) is 9.67. The van der Waals surface area contributed by atoms with Gasteiger partial charge in [0.25, 0.3) is 5.91 Å². The molecule has 0 spiro atoms. The Kier molecular flexibility index (Phi) is 6.33. The van der Waals surface area contributed by atoms with E-state index in [-0.39, 0.29) is 18.4 Å². The summed E-state index contributed by atoms with van der Waals surface area (Å²) >= 11 is 0. The molecule has 0 aliphatic rings. The predicted molar refractivity (Wildman–Crippen MR) is 129 cm³/mol. The fraction of sp³-hybridized carbons (Fsp3) is 0.0741. The summed E-state index contributed by atoms with van der Waals surface area (Å²) in [4.78, 5) is 27.1. The number of amides is 2. The molecule has 0 saturated heterocycles. The van der Waals surface area contributed by atoms with Gasteiger partial charge in [-0.2, -0.15) is 5.10 Å². The zero-order valence-electron chi connectivity index (χ0n) is 18.1. The first kappa shape index (κ1) is 21.6. The van der Waals surface area contributed by atoms with E-state index in [1.165, 1.54) is 11.9 Å². The first-order chi connectivity index (χ1) is 16.1. The summed E-state index contributed by atoms with van der Waals surface area (Å²) in [6.45, 7) is -0.134. The molecule has 0 fully saturated rings. The number of hydrogen-bond donors (Lipinski definition) is 1. The smallest absolute Gasteiger partial charge is 0.258 e. The number of rotatable bonds is 6. The van der Waals surface area contributed by atoms with Crippen LogP contribution in [0.1, 0.15) is 15.9 Å². The van der Waals surface area contributed by atoms with E-state index < -0.39 is 0 Å². The summed E-state index contributed by atoms with van der Waals surface area (Å²) in [5, 5.41) is 7.03. The Morgan fingerprint density at radius 3 is 2.55 bits per heavy atom. The molecule has 0 bridgehead atoms. The van der Waals surface area contributed by atoms with E-state index in [0.717, 1.165) is 16.9 Å². The molecule has 6 nitrogen and oxygen atoms in total. The number of nitrogens with one attached hydrogen (secondary N) is 1. The maximum Gasteiger partial charge on any atom is 0.258 e. The van der Waals surface area contributed by atoms with Gasteiger partial charge in [-0.05, 0) is 42.5 Å². The Balaban J connectivity index is 1.72. The van der Waals surface area contributed by atoms with Crippen LogP contribution in [0.5, 0.6) is 0 Å². The SMILES string of the molecule is C#Cc1cccc(N(CC(=O)NC)C(=O)c2cccc(-n3nccc3-c3ccccc3)c2)c1. The van der Waals surface area contributed by atoms with Crippen molar-refractivity contribution in [3.63, 3.8) is 0 Å². The highest BCUT2D eigenvalue weighted by Crippen LogP contribution is 2.24. The molecule has 0 radical (unpaired) electrons. The fourth-order valence-electron chi connectivity index (χ4n) is 3.53. The molecule has 1 aromatic heterocycles. The Labute approximate surface area is 192 Å². The molecule has 0 aliphatic carbocycles. The van der Waals surface area contributed by atoms with Crippen LogP contribution in [0, 0.1) is 12.3 Å². The maximum atomic E-state index is 13.5. The molecular formula is C27H22N4O2. The van der Waals surface area contributed by atoms with Gasteiger partial charge in [-0.1, -0.05) is 48.4 Å². The van der Waals surface area contributed by atoms with Crippen LogP contribution in [0.2, 0.25) is 0 Å². The van der Waals surface area contributed by atoms with Gasteiger partial charge >= 0.3 is 0 Å². The van der Waals surface area contributed by atoms with E-state index in [2.05, 4.69) is 16.3 Å². The molecular weight excluding hydrogens is 412 g/mol. The van der Waals surface area contributed by atoms with E-state index in [9.17, 15) is 9.59 Å². The van der Waals surface area contributed by atoms with Crippen molar-refractivity contribution in [2.75, 3.05) is 18.5 Å². The molecule has 1 N–H and O–H groups in total. The number of anilines is 1. The van der Waals surface area contributed by atoms with Gasteiger partial charge < -0.3 is 5.32 Å². The highest BCUT2D eigenvalue weighted by atomic mass is 16.2. The lowest BCUT2D eigenvalue weighted by atomic mass is 10.1. The molecule has 0 atom stereocenters. The van der Waals surface area contributed by atoms with E-state index in [1.807, 2.05) is 42.5 Å². The lowest BCUT2D eigenvalue weighted by Crippen LogP contribution is -2.39. The topological polar surface area (TPSA) is 67.2 Å². The van der Waals surface area contributed by atoms with E-state index in [0.29, 0.717) is 16.8 Å². The zero-order chi connectivity index (χ0) is 23.2. The lowest BCUT2D eigenvalue weighted by Gasteiger charge is -2.23. The van der Waals surface area contributed by atoms with Gasteiger partial charge in [0.2, 0.25) is 5.91 Å². The van der Waals surface area contributed by atoms with Gasteiger partial charge in [-0.15, -0.1) is 6.42 Å². The Hall–Kier alpha value is -4.63. The summed E-state index contributed by atoms with van der Waals surface area (Å²) < 4.78 is 1.79. The molecule has 0 saturated carbocycles. The van der Waals surface area contributed by atoms with Crippen molar-refractivity contribution in [1.29, 1.82) is 0 Å². The largest absolute Gasteiger partial charge is 0.358 e. The third-order valence-electron chi connectivity index (χ3n) is 5.20. The maximum absolute atomic E-state index is 13.5. The molecule has 162 valence electrons. The summed E-state index contributed by atoms with van der Waals surface area (Å²) in [5.41, 5.74) is 4.26. The van der Waals surface area contributed by atoms with Crippen LogP contribution in [-0.4, -0.2) is 35.2 Å². The zero-order valence-corrected chi connectivity index (χ0v) is 18.1. The molecule has 6 heteroatoms. The van der Waals surface area contributed by atoms with E-state index in [4.69, 9.17) is 6.42 Å². The van der Waals surface area contributed by atoms with Crippen LogP contribution in [-0.2, 0) is 4.79 Å². The molecule has 2 amide bonds. The van der Waals surface area contributed by atoms with Crippen molar-refractivity contribution in [3.8, 4) is 29.3 Å². The van der Waals surface area contributed by atoms with Crippen LogP contribution in [0.4, 0.5) is 5.69 Å². The third-order valence-corrected chi connectivity index (χ3v) is 5.20. The first-order valence-corrected chi connectivity index (χ1v) is 10.4. The standard InChI is InChI=1S/C27H22N4O2/c1-3-20-9-7-13-23(17-20)30(19-26(32)28-2)27(33)22-12-8-14-24(18-22)31-25(15-16-29-31)21-10-5-4-6-11-21/h1,4-18H,19H2,2H3,(H,28,32). The summed E-state index contributed by atoms with van der Waals surface area (Å²) in [6.07, 6.45) is 7.25. The van der Waals surface area contributed by atoms with Crippen LogP contribution >= 0.6 is 0 Å². The van der Waals surface area contributed by atoms with Crippen molar-refractivity contribution in [2.24, 2.45) is 0 Å². The Morgan fingerprint density at radius 1 is 1.00 bits per heavy atom. The molecule has 1 heterocycles. The molecule has 33 heavy (non-hydrogen) atoms. The van der Waals surface area contributed by atoms with Gasteiger partial charge in [0.15, 0.2) is 0 Å². The molecule has 4 aromatic rings. The number of terminal acetylenes is 1. The highest BCUT2D eigenvalue weighted by Gasteiger charge is 2.21. The summed E-state index contributed by atoms with van der Waals surface area (Å²) in [6, 6.07) is 26.0. The number of aromatic nitrogens is 2. The van der Waals surface area contributed by atoms with Crippen LogP contribution < -0.4 is 10.2 Å². The van der Waals surface area contributed by atoms with Crippen molar-refractivity contribution in [2.45, 2.75) is 0 Å².